The number of rotatable bonds is 2. The van der Waals surface area contributed by atoms with Crippen molar-refractivity contribution in [2.45, 2.75) is 25.2 Å². The molecule has 2 aliphatic heterocycles. The fraction of sp³-hybridized carbons (Fsp3) is 0.300. The summed E-state index contributed by atoms with van der Waals surface area (Å²) in [7, 11) is 0. The SMILES string of the molecule is O=C(N1C=COC(C2=C(Cl)C=CCC2)=C1)N1CCC(c2cccnc2)C1. The largest absolute Gasteiger partial charge is 0.462 e. The maximum atomic E-state index is 12.9. The predicted molar refractivity (Wildman–Crippen MR) is 100.0 cm³/mol. The first-order valence-electron chi connectivity index (χ1n) is 8.80. The van der Waals surface area contributed by atoms with Gasteiger partial charge in [0.15, 0.2) is 0 Å². The zero-order valence-electron chi connectivity index (χ0n) is 14.3. The number of nitrogens with zero attached hydrogens (tertiary/aromatic N) is 3. The van der Waals surface area contributed by atoms with Gasteiger partial charge in [-0.1, -0.05) is 23.7 Å². The summed E-state index contributed by atoms with van der Waals surface area (Å²) >= 11 is 6.29. The van der Waals surface area contributed by atoms with Crippen LogP contribution in [-0.2, 0) is 4.74 Å². The van der Waals surface area contributed by atoms with Crippen molar-refractivity contribution in [3.05, 3.63) is 77.3 Å². The molecule has 6 heteroatoms. The van der Waals surface area contributed by atoms with Gasteiger partial charge in [0.05, 0.1) is 6.20 Å². The van der Waals surface area contributed by atoms with Crippen LogP contribution in [0.2, 0.25) is 0 Å². The minimum absolute atomic E-state index is 0.0449. The molecule has 1 aromatic rings. The summed E-state index contributed by atoms with van der Waals surface area (Å²) in [6, 6.07) is 3.97. The van der Waals surface area contributed by atoms with Crippen LogP contribution in [0.15, 0.2) is 71.7 Å². The van der Waals surface area contributed by atoms with E-state index < -0.39 is 0 Å². The van der Waals surface area contributed by atoms with E-state index in [9.17, 15) is 4.79 Å². The van der Waals surface area contributed by atoms with Gasteiger partial charge in [-0.2, -0.15) is 0 Å². The highest BCUT2D eigenvalue weighted by Gasteiger charge is 2.30. The second kappa shape index (κ2) is 7.38. The number of urea groups is 1. The Morgan fingerprint density at radius 3 is 3.12 bits per heavy atom. The number of carbonyl (C=O) groups excluding carboxylic acids is 1. The Morgan fingerprint density at radius 2 is 2.31 bits per heavy atom. The second-order valence-electron chi connectivity index (χ2n) is 6.57. The van der Waals surface area contributed by atoms with Gasteiger partial charge in [0.1, 0.15) is 12.0 Å². The molecule has 3 heterocycles. The van der Waals surface area contributed by atoms with Crippen molar-refractivity contribution in [1.82, 2.24) is 14.8 Å². The molecule has 4 rings (SSSR count). The number of hydrogen-bond donors (Lipinski definition) is 0. The molecule has 134 valence electrons. The number of hydrogen-bond acceptors (Lipinski definition) is 3. The average molecular weight is 370 g/mol. The van der Waals surface area contributed by atoms with Gasteiger partial charge in [0, 0.05) is 48.2 Å². The third-order valence-corrected chi connectivity index (χ3v) is 5.27. The summed E-state index contributed by atoms with van der Waals surface area (Å²) in [5, 5.41) is 0.669. The first-order valence-corrected chi connectivity index (χ1v) is 9.18. The van der Waals surface area contributed by atoms with Gasteiger partial charge in [-0.15, -0.1) is 0 Å². The molecule has 5 nitrogen and oxygen atoms in total. The lowest BCUT2D eigenvalue weighted by atomic mass is 10.0. The molecule has 0 radical (unpaired) electrons. The van der Waals surface area contributed by atoms with Gasteiger partial charge >= 0.3 is 6.03 Å². The number of halogens is 1. The van der Waals surface area contributed by atoms with Gasteiger partial charge in [-0.3, -0.25) is 9.88 Å². The third-order valence-electron chi connectivity index (χ3n) is 4.92. The average Bonchev–Trinajstić information content (AvgIpc) is 3.19. The van der Waals surface area contributed by atoms with E-state index >= 15 is 0 Å². The van der Waals surface area contributed by atoms with Crippen LogP contribution in [0.25, 0.3) is 0 Å². The van der Waals surface area contributed by atoms with E-state index in [0.717, 1.165) is 31.4 Å². The lowest BCUT2D eigenvalue weighted by Crippen LogP contribution is -2.37. The van der Waals surface area contributed by atoms with Crippen molar-refractivity contribution in [1.29, 1.82) is 0 Å². The van der Waals surface area contributed by atoms with E-state index in [4.69, 9.17) is 16.3 Å². The number of likely N-dealkylation sites (tertiary alicyclic amines) is 1. The van der Waals surface area contributed by atoms with Crippen LogP contribution in [0.1, 0.15) is 30.7 Å². The summed E-state index contributed by atoms with van der Waals surface area (Å²) in [6.45, 7) is 1.43. The Bertz CT molecular complexity index is 814. The molecular formula is C20H20ClN3O2. The number of aromatic nitrogens is 1. The van der Waals surface area contributed by atoms with Gasteiger partial charge < -0.3 is 9.64 Å². The Labute approximate surface area is 157 Å². The number of carbonyl (C=O) groups is 1. The molecule has 2 amide bonds. The molecule has 1 atom stereocenters. The number of ether oxygens (including phenoxy) is 1. The van der Waals surface area contributed by atoms with Gasteiger partial charge in [0.2, 0.25) is 0 Å². The van der Waals surface area contributed by atoms with Gasteiger partial charge in [-0.25, -0.2) is 4.79 Å². The summed E-state index contributed by atoms with van der Waals surface area (Å²) in [4.78, 5) is 20.5. The fourth-order valence-electron chi connectivity index (χ4n) is 3.50. The maximum absolute atomic E-state index is 12.9. The second-order valence-corrected chi connectivity index (χ2v) is 6.98. The zero-order chi connectivity index (χ0) is 17.9. The summed E-state index contributed by atoms with van der Waals surface area (Å²) in [5.74, 6) is 0.972. The maximum Gasteiger partial charge on any atom is 0.328 e. The van der Waals surface area contributed by atoms with Gasteiger partial charge in [-0.05, 0) is 37.0 Å². The van der Waals surface area contributed by atoms with E-state index in [-0.39, 0.29) is 6.03 Å². The number of amides is 2. The van der Waals surface area contributed by atoms with Crippen LogP contribution in [-0.4, -0.2) is 33.9 Å². The van der Waals surface area contributed by atoms with E-state index in [2.05, 4.69) is 11.1 Å². The third kappa shape index (κ3) is 3.40. The Morgan fingerprint density at radius 1 is 1.38 bits per heavy atom. The summed E-state index contributed by atoms with van der Waals surface area (Å²) in [5.41, 5.74) is 2.12. The van der Waals surface area contributed by atoms with E-state index in [1.807, 2.05) is 29.3 Å². The van der Waals surface area contributed by atoms with Crippen molar-refractivity contribution < 1.29 is 9.53 Å². The molecule has 26 heavy (non-hydrogen) atoms. The minimum atomic E-state index is -0.0449. The minimum Gasteiger partial charge on any atom is -0.462 e. The van der Waals surface area contributed by atoms with Crippen LogP contribution in [0.4, 0.5) is 4.79 Å². The topological polar surface area (TPSA) is 45.7 Å². The van der Waals surface area contributed by atoms with Crippen LogP contribution < -0.4 is 0 Å². The monoisotopic (exact) mass is 369 g/mol. The molecule has 0 N–H and O–H groups in total. The first-order chi connectivity index (χ1) is 12.7. The standard InChI is InChI=1S/C20H20ClN3O2/c21-18-6-2-1-5-17(18)19-14-24(10-11-26-19)20(25)23-9-7-16(13-23)15-4-3-8-22-12-15/h2-4,6,8,10-12,14,16H,1,5,7,9,13H2. The molecule has 0 aromatic carbocycles. The highest BCUT2D eigenvalue weighted by Crippen LogP contribution is 2.32. The van der Waals surface area contributed by atoms with Crippen LogP contribution in [0.5, 0.6) is 0 Å². The van der Waals surface area contributed by atoms with Crippen molar-refractivity contribution in [3.63, 3.8) is 0 Å². The first kappa shape index (κ1) is 16.9. The van der Waals surface area contributed by atoms with E-state index in [1.165, 1.54) is 11.8 Å². The predicted octanol–water partition coefficient (Wildman–Crippen LogP) is 4.48. The molecule has 1 aromatic heterocycles. The molecule has 1 aliphatic carbocycles. The molecule has 0 spiro atoms. The molecule has 0 bridgehead atoms. The molecule has 1 fully saturated rings. The fourth-order valence-corrected chi connectivity index (χ4v) is 3.78. The van der Waals surface area contributed by atoms with Crippen LogP contribution >= 0.6 is 11.6 Å². The van der Waals surface area contributed by atoms with Crippen molar-refractivity contribution >= 4 is 17.6 Å². The lowest BCUT2D eigenvalue weighted by Gasteiger charge is -2.26. The Balaban J connectivity index is 1.47. The summed E-state index contributed by atoms with van der Waals surface area (Å²) < 4.78 is 5.61. The summed E-state index contributed by atoms with van der Waals surface area (Å²) in [6.07, 6.45) is 15.2. The van der Waals surface area contributed by atoms with Gasteiger partial charge in [0.25, 0.3) is 0 Å². The van der Waals surface area contributed by atoms with E-state index in [0.29, 0.717) is 23.3 Å². The smallest absolute Gasteiger partial charge is 0.328 e. The molecule has 0 saturated carbocycles. The van der Waals surface area contributed by atoms with E-state index in [1.54, 1.807) is 23.5 Å². The normalized spacial score (nSPS) is 22.5. The molecular weight excluding hydrogens is 350 g/mol. The molecule has 1 saturated heterocycles. The van der Waals surface area contributed by atoms with Crippen LogP contribution in [0.3, 0.4) is 0 Å². The van der Waals surface area contributed by atoms with Crippen molar-refractivity contribution in [2.75, 3.05) is 13.1 Å². The zero-order valence-corrected chi connectivity index (χ0v) is 15.1. The quantitative estimate of drug-likeness (QED) is 0.772. The Hall–Kier alpha value is -2.53. The number of allylic oxidation sites excluding steroid dienone is 4. The van der Waals surface area contributed by atoms with Crippen LogP contribution in [0, 0.1) is 0 Å². The highest BCUT2D eigenvalue weighted by molar-refractivity contribution is 6.31. The number of pyridine rings is 1. The van der Waals surface area contributed by atoms with Crippen molar-refractivity contribution in [3.8, 4) is 0 Å². The molecule has 3 aliphatic rings. The van der Waals surface area contributed by atoms with Crippen molar-refractivity contribution in [2.24, 2.45) is 0 Å². The Kier molecular flexibility index (Phi) is 4.80. The highest BCUT2D eigenvalue weighted by atomic mass is 35.5. The lowest BCUT2D eigenvalue weighted by molar-refractivity contribution is 0.185. The molecule has 1 unspecified atom stereocenters.